The molecular formula is C14H27N3OS2. The summed E-state index contributed by atoms with van der Waals surface area (Å²) in [5.41, 5.74) is -0.593. The van der Waals surface area contributed by atoms with Crippen LogP contribution in [0.2, 0.25) is 0 Å². The van der Waals surface area contributed by atoms with Crippen molar-refractivity contribution in [2.75, 3.05) is 30.9 Å². The Hall–Kier alpha value is -0.0700. The van der Waals surface area contributed by atoms with Crippen LogP contribution in [0.5, 0.6) is 0 Å². The summed E-state index contributed by atoms with van der Waals surface area (Å²) in [5.74, 6) is 2.73. The average Bonchev–Trinajstić information content (AvgIpc) is 3.06. The van der Waals surface area contributed by atoms with Gasteiger partial charge in [0.05, 0.1) is 12.1 Å². The molecule has 0 spiro atoms. The highest BCUT2D eigenvalue weighted by Gasteiger charge is 2.31. The van der Waals surface area contributed by atoms with E-state index < -0.39 is 5.60 Å². The van der Waals surface area contributed by atoms with E-state index in [0.717, 1.165) is 35.7 Å². The van der Waals surface area contributed by atoms with Gasteiger partial charge in [0.2, 0.25) is 0 Å². The van der Waals surface area contributed by atoms with Crippen LogP contribution >= 0.6 is 23.5 Å². The molecule has 0 radical (unpaired) electrons. The van der Waals surface area contributed by atoms with E-state index in [-0.39, 0.29) is 0 Å². The topological polar surface area (TPSA) is 56.7 Å². The molecule has 1 saturated carbocycles. The van der Waals surface area contributed by atoms with Crippen molar-refractivity contribution in [3.8, 4) is 0 Å². The predicted octanol–water partition coefficient (Wildman–Crippen LogP) is 1.69. The van der Waals surface area contributed by atoms with Crippen LogP contribution in [0.3, 0.4) is 0 Å². The van der Waals surface area contributed by atoms with Crippen LogP contribution in [0.4, 0.5) is 0 Å². The van der Waals surface area contributed by atoms with Crippen LogP contribution in [-0.2, 0) is 0 Å². The van der Waals surface area contributed by atoms with E-state index in [0.29, 0.717) is 12.6 Å². The summed E-state index contributed by atoms with van der Waals surface area (Å²) in [6.45, 7) is 3.45. The van der Waals surface area contributed by atoms with Gasteiger partial charge in [-0.15, -0.1) is 0 Å². The highest BCUT2D eigenvalue weighted by molar-refractivity contribution is 7.99. The molecule has 0 aromatic carbocycles. The maximum Gasteiger partial charge on any atom is 0.191 e. The summed E-state index contributed by atoms with van der Waals surface area (Å²) in [7, 11) is 0. The van der Waals surface area contributed by atoms with E-state index >= 15 is 0 Å². The van der Waals surface area contributed by atoms with Crippen LogP contribution in [0.1, 0.15) is 32.6 Å². The largest absolute Gasteiger partial charge is 0.387 e. The third kappa shape index (κ3) is 4.74. The Morgan fingerprint density at radius 2 is 2.35 bits per heavy atom. The van der Waals surface area contributed by atoms with Crippen molar-refractivity contribution in [2.45, 2.75) is 49.5 Å². The lowest BCUT2D eigenvalue weighted by Crippen LogP contribution is -2.44. The van der Waals surface area contributed by atoms with Crippen LogP contribution in [-0.4, -0.2) is 58.8 Å². The van der Waals surface area contributed by atoms with E-state index in [1.54, 1.807) is 0 Å². The minimum atomic E-state index is -0.593. The smallest absolute Gasteiger partial charge is 0.191 e. The Labute approximate surface area is 131 Å². The molecule has 0 aromatic heterocycles. The van der Waals surface area contributed by atoms with Gasteiger partial charge in [0, 0.05) is 23.6 Å². The highest BCUT2D eigenvalue weighted by Crippen LogP contribution is 2.29. The molecule has 6 heteroatoms. The van der Waals surface area contributed by atoms with Crippen molar-refractivity contribution >= 4 is 29.5 Å². The third-order valence-electron chi connectivity index (χ3n) is 4.02. The van der Waals surface area contributed by atoms with Crippen molar-refractivity contribution in [1.29, 1.82) is 0 Å². The number of nitrogens with zero attached hydrogens (tertiary/aromatic N) is 1. The Bertz CT molecular complexity index is 332. The molecular weight excluding hydrogens is 290 g/mol. The fourth-order valence-corrected chi connectivity index (χ4v) is 4.83. The Morgan fingerprint density at radius 1 is 1.50 bits per heavy atom. The number of hydrogen-bond donors (Lipinski definition) is 3. The molecule has 0 amide bonds. The summed E-state index contributed by atoms with van der Waals surface area (Å²) < 4.78 is 0. The minimum absolute atomic E-state index is 0.508. The summed E-state index contributed by atoms with van der Waals surface area (Å²) in [4.78, 5) is 4.61. The fourth-order valence-electron chi connectivity index (χ4n) is 2.75. The van der Waals surface area contributed by atoms with Gasteiger partial charge in [-0.05, 0) is 44.6 Å². The number of thioether (sulfide) groups is 2. The molecule has 0 aromatic rings. The summed E-state index contributed by atoms with van der Waals surface area (Å²) >= 11 is 3.79. The van der Waals surface area contributed by atoms with Gasteiger partial charge < -0.3 is 15.7 Å². The summed E-state index contributed by atoms with van der Waals surface area (Å²) in [6, 6.07) is 0.526. The zero-order valence-electron chi connectivity index (χ0n) is 12.5. The van der Waals surface area contributed by atoms with Crippen LogP contribution < -0.4 is 10.6 Å². The Balaban J connectivity index is 1.86. The van der Waals surface area contributed by atoms with Gasteiger partial charge in [-0.1, -0.05) is 0 Å². The van der Waals surface area contributed by atoms with Crippen LogP contribution in [0, 0.1) is 0 Å². The van der Waals surface area contributed by atoms with E-state index in [9.17, 15) is 5.11 Å². The van der Waals surface area contributed by atoms with Gasteiger partial charge in [-0.25, -0.2) is 0 Å². The molecule has 1 aliphatic carbocycles. The van der Waals surface area contributed by atoms with Gasteiger partial charge in [0.15, 0.2) is 5.96 Å². The second-order valence-corrected chi connectivity index (χ2v) is 7.98. The normalized spacial score (nSPS) is 34.5. The molecule has 2 fully saturated rings. The van der Waals surface area contributed by atoms with Crippen molar-refractivity contribution in [3.63, 3.8) is 0 Å². The third-order valence-corrected chi connectivity index (χ3v) is 6.35. The Morgan fingerprint density at radius 3 is 2.95 bits per heavy atom. The van der Waals surface area contributed by atoms with Crippen molar-refractivity contribution < 1.29 is 5.11 Å². The number of nitrogens with one attached hydrogen (secondary N) is 2. The molecule has 3 unspecified atom stereocenters. The monoisotopic (exact) mass is 317 g/mol. The molecule has 20 heavy (non-hydrogen) atoms. The van der Waals surface area contributed by atoms with Gasteiger partial charge >= 0.3 is 0 Å². The minimum Gasteiger partial charge on any atom is -0.387 e. The first-order valence-electron chi connectivity index (χ1n) is 7.53. The summed E-state index contributed by atoms with van der Waals surface area (Å²) in [5, 5.41) is 18.0. The maximum absolute atomic E-state index is 10.4. The number of aliphatic imine (C=N–C) groups is 1. The number of hydrogen-bond acceptors (Lipinski definition) is 4. The quantitative estimate of drug-likeness (QED) is 0.532. The van der Waals surface area contributed by atoms with E-state index in [4.69, 9.17) is 0 Å². The molecule has 2 rings (SSSR count). The first-order valence-corrected chi connectivity index (χ1v) is 9.97. The lowest BCUT2D eigenvalue weighted by atomic mass is 10.1. The standard InChI is InChI=1S/C14H27N3OS2/c1-3-15-13(16-9-14(18)6-7-20-10-14)17-11-4-5-12(8-11)19-2/h11-12,18H,3-10H2,1-2H3,(H2,15,16,17). The lowest BCUT2D eigenvalue weighted by molar-refractivity contribution is 0.0778. The van der Waals surface area contributed by atoms with Gasteiger partial charge in [-0.2, -0.15) is 23.5 Å². The molecule has 3 atom stereocenters. The van der Waals surface area contributed by atoms with Crippen LogP contribution in [0.25, 0.3) is 0 Å². The Kier molecular flexibility index (Phi) is 6.36. The molecule has 116 valence electrons. The zero-order chi connectivity index (χ0) is 14.4. The van der Waals surface area contributed by atoms with E-state index in [1.807, 2.05) is 23.5 Å². The van der Waals surface area contributed by atoms with Crippen LogP contribution in [0.15, 0.2) is 4.99 Å². The average molecular weight is 318 g/mol. The summed E-state index contributed by atoms with van der Waals surface area (Å²) in [6.07, 6.45) is 6.78. The molecule has 1 heterocycles. The molecule has 4 nitrogen and oxygen atoms in total. The molecule has 3 N–H and O–H groups in total. The molecule has 1 aliphatic heterocycles. The lowest BCUT2D eigenvalue weighted by Gasteiger charge is -2.21. The fraction of sp³-hybridized carbons (Fsp3) is 0.929. The van der Waals surface area contributed by atoms with Gasteiger partial charge in [0.25, 0.3) is 0 Å². The van der Waals surface area contributed by atoms with Gasteiger partial charge in [-0.3, -0.25) is 4.99 Å². The van der Waals surface area contributed by atoms with E-state index in [2.05, 4.69) is 28.8 Å². The van der Waals surface area contributed by atoms with Crippen molar-refractivity contribution in [1.82, 2.24) is 10.6 Å². The molecule has 2 aliphatic rings. The van der Waals surface area contributed by atoms with E-state index in [1.165, 1.54) is 19.3 Å². The van der Waals surface area contributed by atoms with Crippen molar-refractivity contribution in [3.05, 3.63) is 0 Å². The first kappa shape index (κ1) is 16.3. The SMILES string of the molecule is CCNC(=NCC1(O)CCSC1)NC1CCC(SC)C1. The highest BCUT2D eigenvalue weighted by atomic mass is 32.2. The second-order valence-electron chi connectivity index (χ2n) is 5.73. The van der Waals surface area contributed by atoms with Crippen molar-refractivity contribution in [2.24, 2.45) is 4.99 Å². The molecule has 0 bridgehead atoms. The first-order chi connectivity index (χ1) is 9.65. The number of aliphatic hydroxyl groups is 1. The zero-order valence-corrected chi connectivity index (χ0v) is 14.2. The maximum atomic E-state index is 10.4. The number of guanidine groups is 1. The predicted molar refractivity (Wildman–Crippen MR) is 90.9 cm³/mol. The second kappa shape index (κ2) is 7.80. The number of rotatable bonds is 5. The molecule has 1 saturated heterocycles. The van der Waals surface area contributed by atoms with Gasteiger partial charge in [0.1, 0.15) is 0 Å².